The maximum Gasteiger partial charge on any atom is 0.114 e. The molecule has 0 saturated carbocycles. The predicted molar refractivity (Wildman–Crippen MR) is 62.2 cm³/mol. The lowest BCUT2D eigenvalue weighted by atomic mass is 10.3. The summed E-state index contributed by atoms with van der Waals surface area (Å²) >= 11 is 0. The summed E-state index contributed by atoms with van der Waals surface area (Å²) in [5.41, 5.74) is 2.46. The molecule has 15 heavy (non-hydrogen) atoms. The third kappa shape index (κ3) is 2.18. The van der Waals surface area contributed by atoms with Crippen molar-refractivity contribution in [2.45, 2.75) is 13.3 Å². The Morgan fingerprint density at radius 3 is 2.93 bits per heavy atom. The van der Waals surface area contributed by atoms with E-state index < -0.39 is 0 Å². The van der Waals surface area contributed by atoms with Crippen molar-refractivity contribution in [1.29, 1.82) is 0 Å². The van der Waals surface area contributed by atoms with Crippen molar-refractivity contribution in [3.8, 4) is 0 Å². The number of likely N-dealkylation sites (N-methyl/N-ethyl adjacent to an activating group) is 1. The van der Waals surface area contributed by atoms with Gasteiger partial charge in [0, 0.05) is 19.2 Å². The molecule has 3 heteroatoms. The molecule has 0 bridgehead atoms. The van der Waals surface area contributed by atoms with E-state index in [1.807, 2.05) is 6.20 Å². The van der Waals surface area contributed by atoms with Crippen molar-refractivity contribution < 1.29 is 0 Å². The van der Waals surface area contributed by atoms with Gasteiger partial charge >= 0.3 is 0 Å². The Morgan fingerprint density at radius 1 is 1.40 bits per heavy atom. The molecule has 0 atom stereocenters. The highest BCUT2D eigenvalue weighted by molar-refractivity contribution is 5.48. The van der Waals surface area contributed by atoms with Gasteiger partial charge in [-0.1, -0.05) is 0 Å². The molecule has 0 aromatic carbocycles. The van der Waals surface area contributed by atoms with Gasteiger partial charge in [-0.3, -0.25) is 0 Å². The third-order valence-electron chi connectivity index (χ3n) is 2.55. The SMILES string of the molecule is Cc1ccn2c(CCN(C)C)ncc2c1. The standard InChI is InChI=1S/C12H17N3/c1-10-4-7-15-11(8-10)9-13-12(15)5-6-14(2)3/h4,7-9H,5-6H2,1-3H3. The van der Waals surface area contributed by atoms with Crippen LogP contribution in [0.15, 0.2) is 24.5 Å². The van der Waals surface area contributed by atoms with E-state index in [9.17, 15) is 0 Å². The van der Waals surface area contributed by atoms with Crippen molar-refractivity contribution in [3.63, 3.8) is 0 Å². The van der Waals surface area contributed by atoms with Gasteiger partial charge in [0.1, 0.15) is 5.82 Å². The van der Waals surface area contributed by atoms with Gasteiger partial charge in [0.2, 0.25) is 0 Å². The van der Waals surface area contributed by atoms with Crippen molar-refractivity contribution >= 4 is 5.52 Å². The minimum Gasteiger partial charge on any atom is -0.309 e. The molecule has 0 unspecified atom stereocenters. The van der Waals surface area contributed by atoms with Crippen molar-refractivity contribution in [2.24, 2.45) is 0 Å². The minimum atomic E-state index is 0.990. The molecule has 2 rings (SSSR count). The highest BCUT2D eigenvalue weighted by atomic mass is 15.1. The van der Waals surface area contributed by atoms with E-state index in [2.05, 4.69) is 53.6 Å². The van der Waals surface area contributed by atoms with Crippen molar-refractivity contribution in [3.05, 3.63) is 35.9 Å². The van der Waals surface area contributed by atoms with Crippen LogP contribution in [0.3, 0.4) is 0 Å². The Kier molecular flexibility index (Phi) is 2.73. The van der Waals surface area contributed by atoms with Crippen LogP contribution >= 0.6 is 0 Å². The molecule has 0 fully saturated rings. The number of aryl methyl sites for hydroxylation is 1. The summed E-state index contributed by atoms with van der Waals surface area (Å²) in [6, 6.07) is 4.28. The van der Waals surface area contributed by atoms with Gasteiger partial charge < -0.3 is 9.30 Å². The largest absolute Gasteiger partial charge is 0.309 e. The average molecular weight is 203 g/mol. The number of hydrogen-bond donors (Lipinski definition) is 0. The first-order valence-electron chi connectivity index (χ1n) is 5.24. The maximum absolute atomic E-state index is 4.44. The zero-order valence-electron chi connectivity index (χ0n) is 9.57. The highest BCUT2D eigenvalue weighted by Crippen LogP contribution is 2.09. The topological polar surface area (TPSA) is 20.5 Å². The zero-order valence-corrected chi connectivity index (χ0v) is 9.57. The van der Waals surface area contributed by atoms with E-state index in [0.29, 0.717) is 0 Å². The molecule has 0 aliphatic carbocycles. The lowest BCUT2D eigenvalue weighted by Gasteiger charge is -2.08. The average Bonchev–Trinajstić information content (AvgIpc) is 2.57. The van der Waals surface area contributed by atoms with Gasteiger partial charge in [0.25, 0.3) is 0 Å². The molecule has 2 aromatic rings. The van der Waals surface area contributed by atoms with E-state index in [1.165, 1.54) is 11.1 Å². The smallest absolute Gasteiger partial charge is 0.114 e. The number of fused-ring (bicyclic) bond motifs is 1. The normalized spacial score (nSPS) is 11.5. The molecular formula is C12H17N3. The first-order valence-corrected chi connectivity index (χ1v) is 5.24. The van der Waals surface area contributed by atoms with Crippen LogP contribution in [0, 0.1) is 6.92 Å². The molecule has 0 amide bonds. The molecule has 0 N–H and O–H groups in total. The van der Waals surface area contributed by atoms with Crippen LogP contribution in [0.4, 0.5) is 0 Å². The molecule has 0 radical (unpaired) electrons. The molecule has 80 valence electrons. The van der Waals surface area contributed by atoms with Crippen molar-refractivity contribution in [1.82, 2.24) is 14.3 Å². The summed E-state index contributed by atoms with van der Waals surface area (Å²) < 4.78 is 2.16. The summed E-state index contributed by atoms with van der Waals surface area (Å²) in [5, 5.41) is 0. The van der Waals surface area contributed by atoms with Gasteiger partial charge in [0.15, 0.2) is 0 Å². The quantitative estimate of drug-likeness (QED) is 0.757. The second kappa shape index (κ2) is 4.03. The summed E-state index contributed by atoms with van der Waals surface area (Å²) in [6.07, 6.45) is 5.03. The summed E-state index contributed by atoms with van der Waals surface area (Å²) in [6.45, 7) is 3.14. The molecule has 2 aromatic heterocycles. The first kappa shape index (κ1) is 10.2. The second-order valence-electron chi connectivity index (χ2n) is 4.23. The van der Waals surface area contributed by atoms with Crippen LogP contribution in [0.1, 0.15) is 11.4 Å². The molecule has 3 nitrogen and oxygen atoms in total. The second-order valence-corrected chi connectivity index (χ2v) is 4.23. The molecule has 0 aliphatic heterocycles. The Morgan fingerprint density at radius 2 is 2.20 bits per heavy atom. The van der Waals surface area contributed by atoms with E-state index in [4.69, 9.17) is 0 Å². The lowest BCUT2D eigenvalue weighted by Crippen LogP contribution is -2.16. The van der Waals surface area contributed by atoms with E-state index >= 15 is 0 Å². The fourth-order valence-corrected chi connectivity index (χ4v) is 1.68. The van der Waals surface area contributed by atoms with Crippen molar-refractivity contribution in [2.75, 3.05) is 20.6 Å². The maximum atomic E-state index is 4.44. The number of aromatic nitrogens is 2. The van der Waals surface area contributed by atoms with E-state index in [0.717, 1.165) is 18.8 Å². The number of rotatable bonds is 3. The predicted octanol–water partition coefficient (Wildman–Crippen LogP) is 1.75. The first-order chi connectivity index (χ1) is 7.16. The fourth-order valence-electron chi connectivity index (χ4n) is 1.68. The van der Waals surface area contributed by atoms with Crippen LogP contribution in [0.2, 0.25) is 0 Å². The van der Waals surface area contributed by atoms with Gasteiger partial charge in [-0.05, 0) is 38.7 Å². The summed E-state index contributed by atoms with van der Waals surface area (Å²) in [7, 11) is 4.17. The van der Waals surface area contributed by atoms with Crippen LogP contribution in [0.25, 0.3) is 5.52 Å². The van der Waals surface area contributed by atoms with Crippen LogP contribution < -0.4 is 0 Å². The molecule has 2 heterocycles. The number of imidazole rings is 1. The Labute approximate surface area is 90.4 Å². The van der Waals surface area contributed by atoms with E-state index in [-0.39, 0.29) is 0 Å². The molecular weight excluding hydrogens is 186 g/mol. The number of pyridine rings is 1. The fraction of sp³-hybridized carbons (Fsp3) is 0.417. The summed E-state index contributed by atoms with van der Waals surface area (Å²) in [5.74, 6) is 1.14. The lowest BCUT2D eigenvalue weighted by molar-refractivity contribution is 0.409. The molecule has 0 spiro atoms. The zero-order chi connectivity index (χ0) is 10.8. The third-order valence-corrected chi connectivity index (χ3v) is 2.55. The highest BCUT2D eigenvalue weighted by Gasteiger charge is 2.03. The van der Waals surface area contributed by atoms with Gasteiger partial charge in [-0.25, -0.2) is 4.98 Å². The monoisotopic (exact) mass is 203 g/mol. The number of nitrogens with zero attached hydrogens (tertiary/aromatic N) is 3. The van der Waals surface area contributed by atoms with E-state index in [1.54, 1.807) is 0 Å². The molecule has 0 saturated heterocycles. The van der Waals surface area contributed by atoms with Gasteiger partial charge in [-0.2, -0.15) is 0 Å². The van der Waals surface area contributed by atoms with Crippen LogP contribution in [0.5, 0.6) is 0 Å². The van der Waals surface area contributed by atoms with Crippen LogP contribution in [-0.2, 0) is 6.42 Å². The Hall–Kier alpha value is -1.35. The van der Waals surface area contributed by atoms with Crippen LogP contribution in [-0.4, -0.2) is 34.9 Å². The van der Waals surface area contributed by atoms with Gasteiger partial charge in [0.05, 0.1) is 11.7 Å². The minimum absolute atomic E-state index is 0.990. The Balaban J connectivity index is 2.29. The Bertz CT molecular complexity index is 457. The summed E-state index contributed by atoms with van der Waals surface area (Å²) in [4.78, 5) is 6.62. The number of hydrogen-bond acceptors (Lipinski definition) is 2. The molecule has 0 aliphatic rings. The van der Waals surface area contributed by atoms with Gasteiger partial charge in [-0.15, -0.1) is 0 Å².